The molecule has 0 saturated heterocycles. The third-order valence-electron chi connectivity index (χ3n) is 4.65. The summed E-state index contributed by atoms with van der Waals surface area (Å²) in [7, 11) is 0. The monoisotopic (exact) mass is 344 g/mol. The average molecular weight is 344 g/mol. The molecule has 3 aromatic rings. The van der Waals surface area contributed by atoms with Gasteiger partial charge < -0.3 is 4.57 Å². The highest BCUT2D eigenvalue weighted by Gasteiger charge is 2.11. The minimum atomic E-state index is -0.306. The van der Waals surface area contributed by atoms with E-state index in [4.69, 9.17) is 0 Å². The molecule has 0 amide bonds. The zero-order valence-electron chi connectivity index (χ0n) is 15.3. The van der Waals surface area contributed by atoms with Gasteiger partial charge in [0.1, 0.15) is 5.82 Å². The van der Waals surface area contributed by atoms with Gasteiger partial charge in [0.2, 0.25) is 0 Å². The first kappa shape index (κ1) is 17.7. The predicted molar refractivity (Wildman–Crippen MR) is 105 cm³/mol. The molecule has 0 aliphatic rings. The Kier molecular flexibility index (Phi) is 5.04. The van der Waals surface area contributed by atoms with E-state index in [2.05, 4.69) is 54.8 Å². The fourth-order valence-corrected chi connectivity index (χ4v) is 3.18. The molecule has 3 rings (SSSR count). The lowest BCUT2D eigenvalue weighted by molar-refractivity contribution is 0.627. The van der Waals surface area contributed by atoms with Crippen LogP contribution in [0.25, 0.3) is 17.3 Å². The van der Waals surface area contributed by atoms with E-state index >= 15 is 0 Å². The molecule has 0 unspecified atom stereocenters. The molecule has 0 radical (unpaired) electrons. The highest BCUT2D eigenvalue weighted by atomic mass is 19.1. The van der Waals surface area contributed by atoms with Crippen molar-refractivity contribution in [2.24, 2.45) is 0 Å². The van der Waals surface area contributed by atoms with Crippen LogP contribution in [0.1, 0.15) is 35.0 Å². The van der Waals surface area contributed by atoms with Crippen molar-refractivity contribution in [2.45, 2.75) is 27.2 Å². The molecule has 2 aromatic carbocycles. The molecular weight excluding hydrogens is 323 g/mol. The summed E-state index contributed by atoms with van der Waals surface area (Å²) >= 11 is 0. The maximum Gasteiger partial charge on any atom is 0.123 e. The highest BCUT2D eigenvalue weighted by molar-refractivity contribution is 5.90. The second-order valence-electron chi connectivity index (χ2n) is 6.36. The Labute approximate surface area is 153 Å². The van der Waals surface area contributed by atoms with Gasteiger partial charge >= 0.3 is 0 Å². The van der Waals surface area contributed by atoms with E-state index in [1.807, 2.05) is 13.0 Å². The Hall–Kier alpha value is -3.12. The van der Waals surface area contributed by atoms with Gasteiger partial charge in [0, 0.05) is 17.1 Å². The largest absolute Gasteiger partial charge is 0.318 e. The van der Waals surface area contributed by atoms with Gasteiger partial charge in [-0.3, -0.25) is 0 Å². The maximum absolute atomic E-state index is 13.1. The number of aromatic nitrogens is 1. The second-order valence-corrected chi connectivity index (χ2v) is 6.36. The molecule has 2 nitrogen and oxygen atoms in total. The minimum absolute atomic E-state index is 0.306. The molecule has 3 heteroatoms. The molecule has 0 N–H and O–H groups in total. The molecule has 0 aliphatic carbocycles. The van der Waals surface area contributed by atoms with Crippen molar-refractivity contribution in [3.8, 4) is 11.8 Å². The van der Waals surface area contributed by atoms with Gasteiger partial charge in [-0.05, 0) is 73.4 Å². The zero-order valence-corrected chi connectivity index (χ0v) is 15.3. The first-order chi connectivity index (χ1) is 12.5. The predicted octanol–water partition coefficient (Wildman–Crippen LogP) is 5.86. The second kappa shape index (κ2) is 7.41. The number of nitrogens with zero attached hydrogens (tertiary/aromatic N) is 2. The van der Waals surface area contributed by atoms with Crippen LogP contribution in [0.15, 0.2) is 54.6 Å². The summed E-state index contributed by atoms with van der Waals surface area (Å²) in [5, 5.41) is 9.53. The highest BCUT2D eigenvalue weighted by Crippen LogP contribution is 2.25. The molecule has 0 saturated carbocycles. The molecule has 0 atom stereocenters. The average Bonchev–Trinajstić information content (AvgIpc) is 2.94. The summed E-state index contributed by atoms with van der Waals surface area (Å²) in [6.07, 6.45) is 2.88. The zero-order chi connectivity index (χ0) is 18.7. The van der Waals surface area contributed by atoms with E-state index in [1.165, 1.54) is 17.7 Å². The van der Waals surface area contributed by atoms with Crippen LogP contribution >= 0.6 is 0 Å². The number of hydrogen-bond donors (Lipinski definition) is 0. The lowest BCUT2D eigenvalue weighted by Gasteiger charge is -2.10. The molecular formula is C23H21FN2. The normalized spacial score (nSPS) is 11.4. The van der Waals surface area contributed by atoms with Gasteiger partial charge in [-0.1, -0.05) is 31.2 Å². The van der Waals surface area contributed by atoms with Crippen LogP contribution < -0.4 is 0 Å². The van der Waals surface area contributed by atoms with Crippen molar-refractivity contribution >= 4 is 11.6 Å². The van der Waals surface area contributed by atoms with Gasteiger partial charge in [0.15, 0.2) is 0 Å². The lowest BCUT2D eigenvalue weighted by Crippen LogP contribution is -1.99. The van der Waals surface area contributed by atoms with E-state index in [-0.39, 0.29) is 5.82 Å². The van der Waals surface area contributed by atoms with Gasteiger partial charge in [0.05, 0.1) is 11.6 Å². The summed E-state index contributed by atoms with van der Waals surface area (Å²) in [4.78, 5) is 0. The van der Waals surface area contributed by atoms with E-state index in [9.17, 15) is 9.65 Å². The van der Waals surface area contributed by atoms with Crippen LogP contribution in [0.5, 0.6) is 0 Å². The topological polar surface area (TPSA) is 28.7 Å². The van der Waals surface area contributed by atoms with Crippen LogP contribution in [0, 0.1) is 31.0 Å². The van der Waals surface area contributed by atoms with Crippen molar-refractivity contribution in [3.05, 3.63) is 88.5 Å². The molecule has 26 heavy (non-hydrogen) atoms. The van der Waals surface area contributed by atoms with Crippen LogP contribution in [0.2, 0.25) is 0 Å². The molecule has 0 bridgehead atoms. The Morgan fingerprint density at radius 3 is 2.31 bits per heavy atom. The molecule has 1 heterocycles. The summed E-state index contributed by atoms with van der Waals surface area (Å²) in [6, 6.07) is 18.8. The third kappa shape index (κ3) is 3.45. The number of halogens is 1. The van der Waals surface area contributed by atoms with Crippen LogP contribution in [-0.4, -0.2) is 4.57 Å². The fourth-order valence-electron chi connectivity index (χ4n) is 3.18. The Bertz CT molecular complexity index is 984. The molecule has 130 valence electrons. The SMILES string of the molecule is CCc1ccc(-n2c(C)cc(/C=C(/C#N)c3ccc(F)cc3)c2C)cc1. The van der Waals surface area contributed by atoms with Crippen LogP contribution in [0.3, 0.4) is 0 Å². The lowest BCUT2D eigenvalue weighted by atomic mass is 10.0. The smallest absolute Gasteiger partial charge is 0.123 e. The number of benzene rings is 2. The van der Waals surface area contributed by atoms with Crippen molar-refractivity contribution in [1.82, 2.24) is 4.57 Å². The van der Waals surface area contributed by atoms with E-state index in [0.29, 0.717) is 11.1 Å². The first-order valence-electron chi connectivity index (χ1n) is 8.69. The quantitative estimate of drug-likeness (QED) is 0.545. The van der Waals surface area contributed by atoms with Gasteiger partial charge in [-0.15, -0.1) is 0 Å². The summed E-state index contributed by atoms with van der Waals surface area (Å²) in [5.74, 6) is -0.306. The van der Waals surface area contributed by atoms with E-state index in [0.717, 1.165) is 29.1 Å². The van der Waals surface area contributed by atoms with E-state index < -0.39 is 0 Å². The first-order valence-corrected chi connectivity index (χ1v) is 8.69. The molecule has 1 aromatic heterocycles. The van der Waals surface area contributed by atoms with Gasteiger partial charge in [0.25, 0.3) is 0 Å². The van der Waals surface area contributed by atoms with Crippen molar-refractivity contribution in [1.29, 1.82) is 5.26 Å². The summed E-state index contributed by atoms with van der Waals surface area (Å²) in [6.45, 7) is 6.25. The van der Waals surface area contributed by atoms with Gasteiger partial charge in [-0.2, -0.15) is 5.26 Å². The van der Waals surface area contributed by atoms with E-state index in [1.54, 1.807) is 12.1 Å². The number of hydrogen-bond acceptors (Lipinski definition) is 1. The Morgan fingerprint density at radius 1 is 1.08 bits per heavy atom. The minimum Gasteiger partial charge on any atom is -0.318 e. The third-order valence-corrected chi connectivity index (χ3v) is 4.65. The van der Waals surface area contributed by atoms with Crippen LogP contribution in [0.4, 0.5) is 4.39 Å². The number of aryl methyl sites for hydroxylation is 2. The fraction of sp³-hybridized carbons (Fsp3) is 0.174. The maximum atomic E-state index is 13.1. The molecule has 0 spiro atoms. The van der Waals surface area contributed by atoms with Crippen LogP contribution in [-0.2, 0) is 6.42 Å². The summed E-state index contributed by atoms with van der Waals surface area (Å²) in [5.41, 5.74) is 6.81. The number of rotatable bonds is 4. The Balaban J connectivity index is 2.03. The van der Waals surface area contributed by atoms with Crippen molar-refractivity contribution in [3.63, 3.8) is 0 Å². The van der Waals surface area contributed by atoms with Crippen molar-refractivity contribution < 1.29 is 4.39 Å². The number of allylic oxidation sites excluding steroid dienone is 1. The molecule has 0 aliphatic heterocycles. The Morgan fingerprint density at radius 2 is 1.73 bits per heavy atom. The summed E-state index contributed by atoms with van der Waals surface area (Å²) < 4.78 is 15.3. The van der Waals surface area contributed by atoms with Crippen molar-refractivity contribution in [2.75, 3.05) is 0 Å². The molecule has 0 fully saturated rings. The standard InChI is InChI=1S/C23H21FN2/c1-4-18-5-11-23(12-6-18)26-16(2)13-20(17(26)3)14-21(15-25)19-7-9-22(24)10-8-19/h5-14H,4H2,1-3H3/b21-14-. The number of nitriles is 1. The van der Waals surface area contributed by atoms with Gasteiger partial charge in [-0.25, -0.2) is 4.39 Å².